The van der Waals surface area contributed by atoms with Gasteiger partial charge in [0, 0.05) is 27.1 Å². The highest BCUT2D eigenvalue weighted by Crippen LogP contribution is 2.44. The fraction of sp³-hybridized carbons (Fsp3) is 0.238. The number of ether oxygens (including phenoxy) is 2. The highest BCUT2D eigenvalue weighted by atomic mass is 35.5. The zero-order valence-electron chi connectivity index (χ0n) is 14.3. The minimum Gasteiger partial charge on any atom is -0.497 e. The molecule has 0 spiro atoms. The van der Waals surface area contributed by atoms with E-state index < -0.39 is 0 Å². The Hall–Kier alpha value is -1.94. The summed E-state index contributed by atoms with van der Waals surface area (Å²) in [7, 11) is 1.67. The van der Waals surface area contributed by atoms with E-state index >= 15 is 0 Å². The fourth-order valence-electron chi connectivity index (χ4n) is 3.65. The molecule has 0 bridgehead atoms. The Kier molecular flexibility index (Phi) is 4.70. The number of nitrogens with two attached hydrogens (primary N) is 1. The Balaban J connectivity index is 1.81. The molecule has 3 aromatic carbocycles. The molecule has 0 fully saturated rings. The lowest BCUT2D eigenvalue weighted by Gasteiger charge is -2.34. The van der Waals surface area contributed by atoms with Crippen LogP contribution in [-0.2, 0) is 6.42 Å². The minimum atomic E-state index is -0.194. The standard InChI is InChI=1S/C21H19Cl2NO2/c1-25-15-5-2-12-3-7-20-18(17(12)10-15)8-13(11-24)21(26-20)16-6-4-14(22)9-19(16)23/h2-7,9-10,13,21H,8,11,24H2,1H3. The molecule has 0 radical (unpaired) electrons. The van der Waals surface area contributed by atoms with E-state index in [4.69, 9.17) is 38.4 Å². The maximum atomic E-state index is 6.43. The average Bonchev–Trinajstić information content (AvgIpc) is 2.66. The molecule has 3 aromatic rings. The summed E-state index contributed by atoms with van der Waals surface area (Å²) in [6, 6.07) is 15.7. The zero-order valence-corrected chi connectivity index (χ0v) is 15.8. The fourth-order valence-corrected chi connectivity index (χ4v) is 4.16. The molecule has 134 valence electrons. The van der Waals surface area contributed by atoms with Gasteiger partial charge in [0.25, 0.3) is 0 Å². The second-order valence-electron chi connectivity index (χ2n) is 6.53. The van der Waals surface area contributed by atoms with Crippen LogP contribution in [0.4, 0.5) is 0 Å². The van der Waals surface area contributed by atoms with Crippen LogP contribution in [0.15, 0.2) is 48.5 Å². The maximum absolute atomic E-state index is 6.43. The molecule has 2 N–H and O–H groups in total. The number of halogens is 2. The van der Waals surface area contributed by atoms with Crippen LogP contribution in [0, 0.1) is 5.92 Å². The second-order valence-corrected chi connectivity index (χ2v) is 7.38. The van der Waals surface area contributed by atoms with Crippen LogP contribution < -0.4 is 15.2 Å². The molecular formula is C21H19Cl2NO2. The molecule has 0 aliphatic carbocycles. The molecule has 1 heterocycles. The molecule has 0 saturated heterocycles. The molecule has 4 rings (SSSR count). The SMILES string of the molecule is COc1ccc2ccc3c(c2c1)CC(CN)C(c1ccc(Cl)cc1Cl)O3. The van der Waals surface area contributed by atoms with Gasteiger partial charge in [0.2, 0.25) is 0 Å². The van der Waals surface area contributed by atoms with Gasteiger partial charge in [0.1, 0.15) is 17.6 Å². The van der Waals surface area contributed by atoms with Crippen molar-refractivity contribution in [3.05, 3.63) is 69.7 Å². The van der Waals surface area contributed by atoms with Crippen LogP contribution in [0.25, 0.3) is 10.8 Å². The van der Waals surface area contributed by atoms with Crippen molar-refractivity contribution in [2.75, 3.05) is 13.7 Å². The number of fused-ring (bicyclic) bond motifs is 3. The number of hydrogen-bond acceptors (Lipinski definition) is 3. The summed E-state index contributed by atoms with van der Waals surface area (Å²) < 4.78 is 11.8. The molecule has 0 amide bonds. The van der Waals surface area contributed by atoms with E-state index in [2.05, 4.69) is 18.2 Å². The molecule has 5 heteroatoms. The van der Waals surface area contributed by atoms with Crippen LogP contribution in [0.5, 0.6) is 11.5 Å². The summed E-state index contributed by atoms with van der Waals surface area (Å²) in [6.45, 7) is 0.503. The van der Waals surface area contributed by atoms with Gasteiger partial charge in [-0.1, -0.05) is 41.4 Å². The van der Waals surface area contributed by atoms with Gasteiger partial charge in [-0.25, -0.2) is 0 Å². The third-order valence-electron chi connectivity index (χ3n) is 5.02. The van der Waals surface area contributed by atoms with Crippen molar-refractivity contribution in [1.29, 1.82) is 0 Å². The van der Waals surface area contributed by atoms with Crippen molar-refractivity contribution < 1.29 is 9.47 Å². The topological polar surface area (TPSA) is 44.5 Å². The molecule has 0 aromatic heterocycles. The predicted octanol–water partition coefficient (Wildman–Crippen LogP) is 5.41. The van der Waals surface area contributed by atoms with Crippen molar-refractivity contribution >= 4 is 34.0 Å². The zero-order chi connectivity index (χ0) is 18.3. The van der Waals surface area contributed by atoms with Crippen molar-refractivity contribution in [3.8, 4) is 11.5 Å². The highest BCUT2D eigenvalue weighted by molar-refractivity contribution is 6.35. The van der Waals surface area contributed by atoms with Gasteiger partial charge < -0.3 is 15.2 Å². The van der Waals surface area contributed by atoms with Crippen molar-refractivity contribution in [1.82, 2.24) is 0 Å². The van der Waals surface area contributed by atoms with Crippen LogP contribution in [0.1, 0.15) is 17.2 Å². The van der Waals surface area contributed by atoms with E-state index in [9.17, 15) is 0 Å². The first-order valence-corrected chi connectivity index (χ1v) is 9.27. The maximum Gasteiger partial charge on any atom is 0.129 e. The van der Waals surface area contributed by atoms with E-state index in [1.165, 1.54) is 0 Å². The van der Waals surface area contributed by atoms with Gasteiger partial charge >= 0.3 is 0 Å². The largest absolute Gasteiger partial charge is 0.497 e. The summed E-state index contributed by atoms with van der Waals surface area (Å²) >= 11 is 12.5. The summed E-state index contributed by atoms with van der Waals surface area (Å²) in [4.78, 5) is 0. The Morgan fingerprint density at radius 3 is 2.65 bits per heavy atom. The molecule has 0 saturated carbocycles. The Bertz CT molecular complexity index is 974. The first kappa shape index (κ1) is 17.5. The quantitative estimate of drug-likeness (QED) is 0.653. The van der Waals surface area contributed by atoms with Crippen LogP contribution in [0.2, 0.25) is 10.0 Å². The molecule has 2 unspecified atom stereocenters. The molecule has 26 heavy (non-hydrogen) atoms. The highest BCUT2D eigenvalue weighted by Gasteiger charge is 2.32. The third-order valence-corrected chi connectivity index (χ3v) is 5.58. The van der Waals surface area contributed by atoms with E-state index in [-0.39, 0.29) is 12.0 Å². The van der Waals surface area contributed by atoms with E-state index in [0.717, 1.165) is 39.8 Å². The lowest BCUT2D eigenvalue weighted by atomic mass is 9.85. The van der Waals surface area contributed by atoms with Gasteiger partial charge in [0.05, 0.1) is 7.11 Å². The lowest BCUT2D eigenvalue weighted by Crippen LogP contribution is -2.31. The lowest BCUT2D eigenvalue weighted by molar-refractivity contribution is 0.118. The Morgan fingerprint density at radius 1 is 1.12 bits per heavy atom. The third kappa shape index (κ3) is 3.01. The normalized spacial score (nSPS) is 19.1. The van der Waals surface area contributed by atoms with Crippen molar-refractivity contribution in [2.24, 2.45) is 11.7 Å². The predicted molar refractivity (Wildman–Crippen MR) is 107 cm³/mol. The summed E-state index contributed by atoms with van der Waals surface area (Å²) in [5, 5.41) is 3.51. The Morgan fingerprint density at radius 2 is 1.92 bits per heavy atom. The van der Waals surface area contributed by atoms with Crippen molar-refractivity contribution in [3.63, 3.8) is 0 Å². The van der Waals surface area contributed by atoms with E-state index in [1.54, 1.807) is 13.2 Å². The monoisotopic (exact) mass is 387 g/mol. The van der Waals surface area contributed by atoms with E-state index in [1.807, 2.05) is 24.3 Å². The number of rotatable bonds is 3. The molecule has 3 nitrogen and oxygen atoms in total. The molecular weight excluding hydrogens is 369 g/mol. The molecule has 1 aliphatic heterocycles. The number of methoxy groups -OCH3 is 1. The molecule has 1 aliphatic rings. The van der Waals surface area contributed by atoms with Gasteiger partial charge in [-0.15, -0.1) is 0 Å². The average molecular weight is 388 g/mol. The minimum absolute atomic E-state index is 0.123. The van der Waals surface area contributed by atoms with Gasteiger partial charge in [-0.05, 0) is 54.1 Å². The van der Waals surface area contributed by atoms with Gasteiger partial charge in [-0.2, -0.15) is 0 Å². The van der Waals surface area contributed by atoms with Gasteiger partial charge in [-0.3, -0.25) is 0 Å². The first-order valence-electron chi connectivity index (χ1n) is 8.52. The van der Waals surface area contributed by atoms with Crippen LogP contribution in [0.3, 0.4) is 0 Å². The molecule has 2 atom stereocenters. The number of hydrogen-bond donors (Lipinski definition) is 1. The first-order chi connectivity index (χ1) is 12.6. The second kappa shape index (κ2) is 6.99. The summed E-state index contributed by atoms with van der Waals surface area (Å²) in [5.74, 6) is 1.82. The van der Waals surface area contributed by atoms with E-state index in [0.29, 0.717) is 16.6 Å². The Labute approximate surface area is 162 Å². The summed E-state index contributed by atoms with van der Waals surface area (Å²) in [6.07, 6.45) is 0.625. The van der Waals surface area contributed by atoms with Gasteiger partial charge in [0.15, 0.2) is 0 Å². The summed E-state index contributed by atoms with van der Waals surface area (Å²) in [5.41, 5.74) is 8.18. The smallest absolute Gasteiger partial charge is 0.129 e. The number of benzene rings is 3. The van der Waals surface area contributed by atoms with Crippen LogP contribution in [-0.4, -0.2) is 13.7 Å². The van der Waals surface area contributed by atoms with Crippen LogP contribution >= 0.6 is 23.2 Å². The van der Waals surface area contributed by atoms with Crippen molar-refractivity contribution in [2.45, 2.75) is 12.5 Å².